The normalized spacial score (nSPS) is 14.9. The zero-order valence-corrected chi connectivity index (χ0v) is 20.1. The van der Waals surface area contributed by atoms with E-state index >= 15 is 0 Å². The van der Waals surface area contributed by atoms with Crippen LogP contribution in [-0.2, 0) is 27.3 Å². The van der Waals surface area contributed by atoms with Gasteiger partial charge in [-0.1, -0.05) is 48.9 Å². The first-order valence-corrected chi connectivity index (χ1v) is 11.7. The van der Waals surface area contributed by atoms with Gasteiger partial charge in [0.1, 0.15) is 6.61 Å². The molecule has 9 heteroatoms. The van der Waals surface area contributed by atoms with E-state index in [0.29, 0.717) is 36.6 Å². The van der Waals surface area contributed by atoms with E-state index in [1.54, 1.807) is 15.9 Å². The number of nitrogens with two attached hydrogens (primary N) is 1. The molecule has 182 valence electrons. The van der Waals surface area contributed by atoms with Crippen molar-refractivity contribution in [1.29, 1.82) is 0 Å². The number of halogens is 1. The molecule has 2 aromatic rings. The van der Waals surface area contributed by atoms with Gasteiger partial charge in [-0.3, -0.25) is 14.9 Å². The summed E-state index contributed by atoms with van der Waals surface area (Å²) in [5.41, 5.74) is 7.31. The summed E-state index contributed by atoms with van der Waals surface area (Å²) in [7, 11) is 0. The van der Waals surface area contributed by atoms with Gasteiger partial charge in [0.05, 0.1) is 12.1 Å². The summed E-state index contributed by atoms with van der Waals surface area (Å²) in [6.07, 6.45) is 1.95. The third-order valence-electron chi connectivity index (χ3n) is 6.34. The van der Waals surface area contributed by atoms with E-state index in [2.05, 4.69) is 12.2 Å². The summed E-state index contributed by atoms with van der Waals surface area (Å²) in [6.45, 7) is 3.06. The SMILES string of the molecule is CCc1ccc(NC(=O)OCC2(N(C=O)Cc3ccccc3Cl)CCN(C(=O)CN)CC2)cc1. The minimum Gasteiger partial charge on any atom is -0.447 e. The second kappa shape index (κ2) is 11.9. The Kier molecular flexibility index (Phi) is 8.90. The van der Waals surface area contributed by atoms with Gasteiger partial charge in [-0.2, -0.15) is 0 Å². The summed E-state index contributed by atoms with van der Waals surface area (Å²) >= 11 is 6.33. The zero-order chi connectivity index (χ0) is 24.6. The van der Waals surface area contributed by atoms with Gasteiger partial charge in [0, 0.05) is 30.3 Å². The maximum absolute atomic E-state index is 12.6. The fourth-order valence-electron chi connectivity index (χ4n) is 4.12. The molecule has 1 aliphatic heterocycles. The zero-order valence-electron chi connectivity index (χ0n) is 19.3. The van der Waals surface area contributed by atoms with E-state index in [1.165, 1.54) is 0 Å². The van der Waals surface area contributed by atoms with E-state index in [-0.39, 0.29) is 25.6 Å². The Hall–Kier alpha value is -3.10. The number of benzene rings is 2. The van der Waals surface area contributed by atoms with Gasteiger partial charge in [0.15, 0.2) is 0 Å². The number of aryl methyl sites for hydroxylation is 1. The molecule has 34 heavy (non-hydrogen) atoms. The topological polar surface area (TPSA) is 105 Å². The number of nitrogens with one attached hydrogen (secondary N) is 1. The quantitative estimate of drug-likeness (QED) is 0.528. The maximum Gasteiger partial charge on any atom is 0.411 e. The molecule has 1 fully saturated rings. The summed E-state index contributed by atoms with van der Waals surface area (Å²) in [5.74, 6) is -0.147. The van der Waals surface area contributed by atoms with Crippen LogP contribution < -0.4 is 11.1 Å². The van der Waals surface area contributed by atoms with Crippen LogP contribution in [0.2, 0.25) is 5.02 Å². The molecule has 1 aliphatic rings. The highest BCUT2D eigenvalue weighted by Gasteiger charge is 2.42. The molecule has 3 amide bonds. The highest BCUT2D eigenvalue weighted by atomic mass is 35.5. The average Bonchev–Trinajstić information content (AvgIpc) is 2.87. The summed E-state index contributed by atoms with van der Waals surface area (Å²) in [6, 6.07) is 14.8. The lowest BCUT2D eigenvalue weighted by Crippen LogP contribution is -2.59. The van der Waals surface area contributed by atoms with Crippen LogP contribution in [0.25, 0.3) is 0 Å². The lowest BCUT2D eigenvalue weighted by atomic mass is 9.86. The van der Waals surface area contributed by atoms with Gasteiger partial charge in [-0.05, 0) is 48.6 Å². The standard InChI is InChI=1S/C25H31ClN4O4/c1-2-19-7-9-21(10-8-19)28-24(33)34-17-25(11-13-29(14-12-25)23(32)15-27)30(18-31)16-20-5-3-4-6-22(20)26/h3-10,18H,2,11-17,27H2,1H3,(H,28,33). The van der Waals surface area contributed by atoms with E-state index in [4.69, 9.17) is 22.1 Å². The van der Waals surface area contributed by atoms with Crippen LogP contribution in [-0.4, -0.2) is 60.0 Å². The number of hydrogen-bond donors (Lipinski definition) is 2. The van der Waals surface area contributed by atoms with Gasteiger partial charge < -0.3 is 20.3 Å². The molecule has 0 bridgehead atoms. The molecular formula is C25H31ClN4O4. The molecule has 1 heterocycles. The van der Waals surface area contributed by atoms with Crippen molar-refractivity contribution in [3.05, 3.63) is 64.7 Å². The number of rotatable bonds is 9. The van der Waals surface area contributed by atoms with Crippen LogP contribution in [0.4, 0.5) is 10.5 Å². The second-order valence-corrected chi connectivity index (χ2v) is 8.79. The fourth-order valence-corrected chi connectivity index (χ4v) is 4.32. The number of ether oxygens (including phenoxy) is 1. The Morgan fingerprint density at radius 3 is 2.44 bits per heavy atom. The number of piperidine rings is 1. The van der Waals surface area contributed by atoms with Crippen LogP contribution in [0.1, 0.15) is 30.9 Å². The molecule has 8 nitrogen and oxygen atoms in total. The number of anilines is 1. The molecule has 2 aromatic carbocycles. The fraction of sp³-hybridized carbons (Fsp3) is 0.400. The van der Waals surface area contributed by atoms with Crippen LogP contribution in [0.5, 0.6) is 0 Å². The van der Waals surface area contributed by atoms with Crippen LogP contribution in [0.3, 0.4) is 0 Å². The molecule has 0 aliphatic carbocycles. The first kappa shape index (κ1) is 25.5. The molecular weight excluding hydrogens is 456 g/mol. The molecule has 0 unspecified atom stereocenters. The molecule has 0 radical (unpaired) electrons. The van der Waals surface area contributed by atoms with Gasteiger partial charge in [0.2, 0.25) is 12.3 Å². The van der Waals surface area contributed by atoms with Gasteiger partial charge in [0.25, 0.3) is 0 Å². The number of likely N-dealkylation sites (tertiary alicyclic amines) is 1. The Bertz CT molecular complexity index is 991. The Labute approximate surface area is 205 Å². The first-order valence-electron chi connectivity index (χ1n) is 11.4. The minimum absolute atomic E-state index is 0.0142. The van der Waals surface area contributed by atoms with Crippen molar-refractivity contribution in [1.82, 2.24) is 9.80 Å². The van der Waals surface area contributed by atoms with Crippen molar-refractivity contribution in [3.8, 4) is 0 Å². The molecule has 0 saturated carbocycles. The highest BCUT2D eigenvalue weighted by molar-refractivity contribution is 6.31. The molecule has 1 saturated heterocycles. The van der Waals surface area contributed by atoms with Crippen LogP contribution in [0, 0.1) is 0 Å². The van der Waals surface area contributed by atoms with Crippen molar-refractivity contribution >= 4 is 35.7 Å². The Morgan fingerprint density at radius 1 is 1.18 bits per heavy atom. The Morgan fingerprint density at radius 2 is 1.85 bits per heavy atom. The largest absolute Gasteiger partial charge is 0.447 e. The number of nitrogens with zero attached hydrogens (tertiary/aromatic N) is 2. The third-order valence-corrected chi connectivity index (χ3v) is 6.71. The van der Waals surface area contributed by atoms with Crippen molar-refractivity contribution in [2.75, 3.05) is 31.6 Å². The van der Waals surface area contributed by atoms with Crippen LogP contribution in [0.15, 0.2) is 48.5 Å². The third kappa shape index (κ3) is 6.27. The molecule has 0 spiro atoms. The summed E-state index contributed by atoms with van der Waals surface area (Å²) in [5, 5.41) is 3.28. The van der Waals surface area contributed by atoms with E-state index < -0.39 is 11.6 Å². The van der Waals surface area contributed by atoms with Crippen molar-refractivity contribution < 1.29 is 19.1 Å². The second-order valence-electron chi connectivity index (χ2n) is 8.39. The highest BCUT2D eigenvalue weighted by Crippen LogP contribution is 2.31. The Balaban J connectivity index is 1.74. The van der Waals surface area contributed by atoms with Gasteiger partial charge in [-0.15, -0.1) is 0 Å². The lowest BCUT2D eigenvalue weighted by Gasteiger charge is -2.46. The maximum atomic E-state index is 12.6. The molecule has 3 rings (SSSR count). The number of amides is 3. The number of carbonyl (C=O) groups excluding carboxylic acids is 3. The van der Waals surface area contributed by atoms with E-state index in [0.717, 1.165) is 24.0 Å². The van der Waals surface area contributed by atoms with Gasteiger partial charge >= 0.3 is 6.09 Å². The first-order chi connectivity index (χ1) is 16.4. The number of hydrogen-bond acceptors (Lipinski definition) is 5. The lowest BCUT2D eigenvalue weighted by molar-refractivity contribution is -0.137. The number of carbonyl (C=O) groups is 3. The summed E-state index contributed by atoms with van der Waals surface area (Å²) in [4.78, 5) is 40.1. The predicted molar refractivity (Wildman–Crippen MR) is 131 cm³/mol. The molecule has 0 atom stereocenters. The summed E-state index contributed by atoms with van der Waals surface area (Å²) < 4.78 is 5.61. The van der Waals surface area contributed by atoms with Crippen LogP contribution >= 0.6 is 11.6 Å². The smallest absolute Gasteiger partial charge is 0.411 e. The van der Waals surface area contributed by atoms with Crippen molar-refractivity contribution in [2.45, 2.75) is 38.3 Å². The van der Waals surface area contributed by atoms with E-state index in [1.807, 2.05) is 42.5 Å². The monoisotopic (exact) mass is 486 g/mol. The van der Waals surface area contributed by atoms with Crippen molar-refractivity contribution in [2.24, 2.45) is 5.73 Å². The van der Waals surface area contributed by atoms with Gasteiger partial charge in [-0.25, -0.2) is 4.79 Å². The minimum atomic E-state index is -0.782. The molecule has 0 aromatic heterocycles. The average molecular weight is 487 g/mol. The van der Waals surface area contributed by atoms with Crippen molar-refractivity contribution in [3.63, 3.8) is 0 Å². The predicted octanol–water partition coefficient (Wildman–Crippen LogP) is 3.43. The van der Waals surface area contributed by atoms with E-state index in [9.17, 15) is 14.4 Å². The molecule has 3 N–H and O–H groups in total.